The summed E-state index contributed by atoms with van der Waals surface area (Å²) in [7, 11) is 1.58. The van der Waals surface area contributed by atoms with E-state index in [1.54, 1.807) is 31.0 Å². The topological polar surface area (TPSA) is 102 Å². The number of hydrogen-bond acceptors (Lipinski definition) is 6. The highest BCUT2D eigenvalue weighted by Crippen LogP contribution is 2.30. The summed E-state index contributed by atoms with van der Waals surface area (Å²) in [5.41, 5.74) is 2.75. The maximum atomic E-state index is 13.6. The summed E-state index contributed by atoms with van der Waals surface area (Å²) in [6.45, 7) is 3.62. The molecule has 0 aliphatic rings. The van der Waals surface area contributed by atoms with Crippen LogP contribution in [0.25, 0.3) is 17.1 Å². The maximum Gasteiger partial charge on any atom is 0.337 e. The highest BCUT2D eigenvalue weighted by Gasteiger charge is 2.18. The van der Waals surface area contributed by atoms with Crippen LogP contribution >= 0.6 is 0 Å². The van der Waals surface area contributed by atoms with Gasteiger partial charge in [0, 0.05) is 17.8 Å². The number of aryl methyl sites for hydroxylation is 2. The molecule has 0 amide bonds. The van der Waals surface area contributed by atoms with Crippen molar-refractivity contribution >= 4 is 17.5 Å². The Morgan fingerprint density at radius 1 is 1.16 bits per heavy atom. The molecule has 2 N–H and O–H groups in total. The first-order valence-electron chi connectivity index (χ1n) is 9.70. The average Bonchev–Trinajstić information content (AvgIpc) is 3.20. The van der Waals surface area contributed by atoms with Crippen molar-refractivity contribution in [3.05, 3.63) is 77.5 Å². The van der Waals surface area contributed by atoms with Gasteiger partial charge in [-0.3, -0.25) is 4.98 Å². The van der Waals surface area contributed by atoms with Gasteiger partial charge in [0.05, 0.1) is 35.4 Å². The van der Waals surface area contributed by atoms with Crippen molar-refractivity contribution in [2.24, 2.45) is 0 Å². The molecule has 2 heterocycles. The molecule has 0 unspecified atom stereocenters. The molecule has 0 aliphatic heterocycles. The molecule has 0 aliphatic carbocycles. The molecule has 2 aromatic heterocycles. The molecular weight excluding hydrogens is 413 g/mol. The third kappa shape index (κ3) is 4.13. The number of benzene rings is 2. The summed E-state index contributed by atoms with van der Waals surface area (Å²) in [6.07, 6.45) is 1.65. The second kappa shape index (κ2) is 8.46. The number of aromatic nitrogens is 4. The van der Waals surface area contributed by atoms with Gasteiger partial charge in [-0.1, -0.05) is 12.1 Å². The minimum absolute atomic E-state index is 0.201. The Labute approximate surface area is 183 Å². The smallest absolute Gasteiger partial charge is 0.337 e. The van der Waals surface area contributed by atoms with E-state index in [9.17, 15) is 14.3 Å². The van der Waals surface area contributed by atoms with Crippen LogP contribution in [0, 0.1) is 19.7 Å². The SMILES string of the molecule is COc1cccc(-c2cc(Nc3ccc(F)cc3C(=O)O)n(-c3nc(C)cnc3C)n2)c1. The fraction of sp³-hybridized carbons (Fsp3) is 0.130. The van der Waals surface area contributed by atoms with E-state index in [2.05, 4.69) is 15.3 Å². The average molecular weight is 433 g/mol. The number of halogens is 1. The Hall–Kier alpha value is -4.27. The summed E-state index contributed by atoms with van der Waals surface area (Å²) < 4.78 is 20.5. The van der Waals surface area contributed by atoms with Crippen LogP contribution in [0.4, 0.5) is 15.9 Å². The molecule has 4 aromatic rings. The van der Waals surface area contributed by atoms with Gasteiger partial charge in [-0.05, 0) is 44.2 Å². The largest absolute Gasteiger partial charge is 0.497 e. The van der Waals surface area contributed by atoms with E-state index in [-0.39, 0.29) is 11.3 Å². The normalized spacial score (nSPS) is 10.8. The van der Waals surface area contributed by atoms with E-state index >= 15 is 0 Å². The van der Waals surface area contributed by atoms with Crippen LogP contribution in [-0.2, 0) is 0 Å². The number of hydrogen-bond donors (Lipinski definition) is 2. The molecule has 0 bridgehead atoms. The summed E-state index contributed by atoms with van der Waals surface area (Å²) in [5, 5.41) is 17.3. The van der Waals surface area contributed by atoms with Crippen molar-refractivity contribution in [2.75, 3.05) is 12.4 Å². The monoisotopic (exact) mass is 433 g/mol. The second-order valence-corrected chi connectivity index (χ2v) is 7.10. The van der Waals surface area contributed by atoms with E-state index in [1.165, 1.54) is 12.1 Å². The highest BCUT2D eigenvalue weighted by atomic mass is 19.1. The van der Waals surface area contributed by atoms with Crippen molar-refractivity contribution in [3.63, 3.8) is 0 Å². The van der Waals surface area contributed by atoms with Gasteiger partial charge in [0.2, 0.25) is 0 Å². The predicted octanol–water partition coefficient (Wildman–Crippen LogP) is 4.54. The molecule has 0 radical (unpaired) electrons. The molecule has 8 nitrogen and oxygen atoms in total. The lowest BCUT2D eigenvalue weighted by molar-refractivity contribution is 0.0697. The van der Waals surface area contributed by atoms with Gasteiger partial charge in [0.1, 0.15) is 17.4 Å². The minimum Gasteiger partial charge on any atom is -0.497 e. The Bertz CT molecular complexity index is 1320. The van der Waals surface area contributed by atoms with E-state index < -0.39 is 11.8 Å². The molecular formula is C23H20FN5O3. The second-order valence-electron chi connectivity index (χ2n) is 7.10. The Balaban J connectivity index is 1.88. The molecule has 2 aromatic carbocycles. The summed E-state index contributed by atoms with van der Waals surface area (Å²) in [6, 6.07) is 12.7. The van der Waals surface area contributed by atoms with Gasteiger partial charge in [0.15, 0.2) is 5.82 Å². The zero-order valence-corrected chi connectivity index (χ0v) is 17.6. The van der Waals surface area contributed by atoms with Gasteiger partial charge in [-0.15, -0.1) is 0 Å². The molecule has 0 spiro atoms. The lowest BCUT2D eigenvalue weighted by atomic mass is 10.1. The van der Waals surface area contributed by atoms with Crippen LogP contribution in [0.2, 0.25) is 0 Å². The van der Waals surface area contributed by atoms with E-state index in [1.807, 2.05) is 31.2 Å². The van der Waals surface area contributed by atoms with Gasteiger partial charge in [-0.2, -0.15) is 9.78 Å². The van der Waals surface area contributed by atoms with Crippen LogP contribution in [0.1, 0.15) is 21.7 Å². The highest BCUT2D eigenvalue weighted by molar-refractivity contribution is 5.95. The number of carboxylic acids is 1. The van der Waals surface area contributed by atoms with Crippen molar-refractivity contribution in [3.8, 4) is 22.8 Å². The lowest BCUT2D eigenvalue weighted by Gasteiger charge is -2.12. The van der Waals surface area contributed by atoms with Crippen molar-refractivity contribution < 1.29 is 19.0 Å². The van der Waals surface area contributed by atoms with Crippen LogP contribution in [-0.4, -0.2) is 37.9 Å². The van der Waals surface area contributed by atoms with E-state index in [0.717, 1.165) is 11.6 Å². The first-order chi connectivity index (χ1) is 15.4. The molecule has 0 saturated heterocycles. The third-order valence-electron chi connectivity index (χ3n) is 4.80. The van der Waals surface area contributed by atoms with Crippen LogP contribution in [0.3, 0.4) is 0 Å². The standard InChI is InChI=1S/C23H20FN5O3/c1-13-12-25-14(2)22(26-13)29-21(27-19-8-7-16(24)10-18(19)23(30)31)11-20(28-29)15-5-4-6-17(9-15)32-3/h4-12,27H,1-3H3,(H,30,31). The third-order valence-corrected chi connectivity index (χ3v) is 4.80. The Kier molecular flexibility index (Phi) is 5.55. The number of rotatable bonds is 6. The van der Waals surface area contributed by atoms with Gasteiger partial charge >= 0.3 is 5.97 Å². The van der Waals surface area contributed by atoms with Crippen molar-refractivity contribution in [1.82, 2.24) is 19.7 Å². The molecule has 9 heteroatoms. The fourth-order valence-corrected chi connectivity index (χ4v) is 3.22. The summed E-state index contributed by atoms with van der Waals surface area (Å²) in [5.74, 6) is -0.290. The molecule has 4 rings (SSSR count). The quantitative estimate of drug-likeness (QED) is 0.460. The molecule has 0 saturated carbocycles. The van der Waals surface area contributed by atoms with Gasteiger partial charge in [0.25, 0.3) is 0 Å². The number of nitrogens with one attached hydrogen (secondary N) is 1. The van der Waals surface area contributed by atoms with E-state index in [0.29, 0.717) is 34.5 Å². The number of ether oxygens (including phenoxy) is 1. The molecule has 0 atom stereocenters. The fourth-order valence-electron chi connectivity index (χ4n) is 3.22. The maximum absolute atomic E-state index is 13.6. The van der Waals surface area contributed by atoms with Gasteiger partial charge < -0.3 is 15.2 Å². The molecule has 32 heavy (non-hydrogen) atoms. The summed E-state index contributed by atoms with van der Waals surface area (Å²) in [4.78, 5) is 20.6. The zero-order chi connectivity index (χ0) is 22.8. The van der Waals surface area contributed by atoms with Crippen molar-refractivity contribution in [2.45, 2.75) is 13.8 Å². The first kappa shape index (κ1) is 21.0. The number of aromatic carboxylic acids is 1. The minimum atomic E-state index is -1.25. The van der Waals surface area contributed by atoms with Gasteiger partial charge in [-0.25, -0.2) is 14.2 Å². The van der Waals surface area contributed by atoms with Crippen LogP contribution < -0.4 is 10.1 Å². The van der Waals surface area contributed by atoms with E-state index in [4.69, 9.17) is 9.84 Å². The Morgan fingerprint density at radius 2 is 1.97 bits per heavy atom. The van der Waals surface area contributed by atoms with Crippen LogP contribution in [0.15, 0.2) is 54.7 Å². The number of carboxylic acid groups (broad SMARTS) is 1. The molecule has 0 fully saturated rings. The molecule has 162 valence electrons. The van der Waals surface area contributed by atoms with Crippen molar-refractivity contribution in [1.29, 1.82) is 0 Å². The Morgan fingerprint density at radius 3 is 2.72 bits per heavy atom. The zero-order valence-electron chi connectivity index (χ0n) is 17.6. The lowest BCUT2D eigenvalue weighted by Crippen LogP contribution is -2.10. The predicted molar refractivity (Wildman–Crippen MR) is 117 cm³/mol. The number of anilines is 2. The number of methoxy groups -OCH3 is 1. The number of carbonyl (C=O) groups is 1. The van der Waals surface area contributed by atoms with Crippen LogP contribution in [0.5, 0.6) is 5.75 Å². The number of nitrogens with zero attached hydrogens (tertiary/aromatic N) is 4. The summed E-state index contributed by atoms with van der Waals surface area (Å²) >= 11 is 0. The first-order valence-corrected chi connectivity index (χ1v) is 9.70.